The maximum atomic E-state index is 13.6. The molecular formula is C33H42FN5O6. The van der Waals surface area contributed by atoms with Gasteiger partial charge < -0.3 is 30.0 Å². The lowest BCUT2D eigenvalue weighted by Crippen LogP contribution is -2.58. The predicted molar refractivity (Wildman–Crippen MR) is 167 cm³/mol. The Bertz CT molecular complexity index is 1450. The molecule has 0 fully saturated rings. The van der Waals surface area contributed by atoms with Gasteiger partial charge in [-0.15, -0.1) is 0 Å². The van der Waals surface area contributed by atoms with E-state index < -0.39 is 52.9 Å². The highest BCUT2D eigenvalue weighted by atomic mass is 19.1. The van der Waals surface area contributed by atoms with Gasteiger partial charge in [-0.2, -0.15) is 0 Å². The molecule has 3 N–H and O–H groups in total. The van der Waals surface area contributed by atoms with Gasteiger partial charge in [-0.3, -0.25) is 9.59 Å². The van der Waals surface area contributed by atoms with Crippen LogP contribution in [0, 0.1) is 5.82 Å². The van der Waals surface area contributed by atoms with Gasteiger partial charge in [-0.25, -0.2) is 19.0 Å². The van der Waals surface area contributed by atoms with E-state index in [0.717, 1.165) is 5.56 Å². The van der Waals surface area contributed by atoms with E-state index >= 15 is 0 Å². The molecule has 12 heteroatoms. The largest absolute Gasteiger partial charge is 0.464 e. The molecule has 3 amide bonds. The average Bonchev–Trinajstić information content (AvgIpc) is 3.40. The first-order chi connectivity index (χ1) is 21.2. The molecule has 0 spiro atoms. The zero-order valence-electron chi connectivity index (χ0n) is 26.6. The van der Waals surface area contributed by atoms with Crippen molar-refractivity contribution in [3.8, 4) is 0 Å². The molecule has 3 rings (SSSR count). The Morgan fingerprint density at radius 2 is 1.64 bits per heavy atom. The molecule has 0 aliphatic carbocycles. The summed E-state index contributed by atoms with van der Waals surface area (Å²) in [5.74, 6) is -2.03. The number of ether oxygens (including phenoxy) is 2. The Kier molecular flexibility index (Phi) is 11.8. The summed E-state index contributed by atoms with van der Waals surface area (Å²) < 4.78 is 25.5. The van der Waals surface area contributed by atoms with Crippen molar-refractivity contribution in [1.82, 2.24) is 20.2 Å². The molecule has 2 unspecified atom stereocenters. The molecule has 45 heavy (non-hydrogen) atoms. The van der Waals surface area contributed by atoms with E-state index in [1.54, 1.807) is 27.7 Å². The molecule has 3 aromatic rings. The van der Waals surface area contributed by atoms with Crippen LogP contribution in [0.5, 0.6) is 0 Å². The minimum absolute atomic E-state index is 0.129. The van der Waals surface area contributed by atoms with E-state index in [1.165, 1.54) is 55.2 Å². The number of anilines is 1. The molecule has 0 saturated carbocycles. The fraction of sp³-hybridized carbons (Fsp3) is 0.424. The van der Waals surface area contributed by atoms with E-state index in [-0.39, 0.29) is 18.8 Å². The fourth-order valence-electron chi connectivity index (χ4n) is 4.43. The number of carbonyl (C=O) groups is 4. The molecule has 1 heterocycles. The molecule has 11 nitrogen and oxygen atoms in total. The number of imidazole rings is 1. The van der Waals surface area contributed by atoms with Crippen LogP contribution >= 0.6 is 0 Å². The standard InChI is InChI=1S/C33H42FN5O6/c1-7-44-29(41)27(23-16-18-24(34)19-17-23)39-20-26(35-21-39)37-28(40)25(15-11-14-22-12-9-8-10-13-22)36-30(42)33(5,6)38-31(43)45-32(2,3)4/h8-10,12-13,16-21,25,27H,7,11,14-15H2,1-6H3,(H,36,42)(H,37,40)(H,38,43). The SMILES string of the molecule is CCOC(=O)C(c1ccc(F)cc1)n1cnc(NC(=O)C(CCCc2ccccc2)NC(=O)C(C)(C)NC(=O)OC(C)(C)C)c1. The summed E-state index contributed by atoms with van der Waals surface area (Å²) in [5.41, 5.74) is -0.609. The summed E-state index contributed by atoms with van der Waals surface area (Å²) in [6.07, 6.45) is 3.59. The maximum Gasteiger partial charge on any atom is 0.408 e. The topological polar surface area (TPSA) is 141 Å². The summed E-state index contributed by atoms with van der Waals surface area (Å²) >= 11 is 0. The van der Waals surface area contributed by atoms with Gasteiger partial charge in [-0.05, 0) is 84.1 Å². The third-order valence-electron chi connectivity index (χ3n) is 6.65. The molecule has 0 saturated heterocycles. The van der Waals surface area contributed by atoms with E-state index in [4.69, 9.17) is 9.47 Å². The van der Waals surface area contributed by atoms with E-state index in [9.17, 15) is 23.6 Å². The van der Waals surface area contributed by atoms with Crippen LogP contribution in [0.4, 0.5) is 15.0 Å². The van der Waals surface area contributed by atoms with Crippen molar-refractivity contribution in [2.45, 2.75) is 84.0 Å². The lowest BCUT2D eigenvalue weighted by atomic mass is 10.0. The number of aryl methyl sites for hydroxylation is 1. The number of aromatic nitrogens is 2. The van der Waals surface area contributed by atoms with Gasteiger partial charge in [0.25, 0.3) is 0 Å². The minimum atomic E-state index is -1.40. The predicted octanol–water partition coefficient (Wildman–Crippen LogP) is 4.92. The highest BCUT2D eigenvalue weighted by molar-refractivity contribution is 5.98. The van der Waals surface area contributed by atoms with Crippen molar-refractivity contribution < 1.29 is 33.0 Å². The van der Waals surface area contributed by atoms with Gasteiger partial charge in [0.1, 0.15) is 23.0 Å². The molecule has 242 valence electrons. The lowest BCUT2D eigenvalue weighted by Gasteiger charge is -2.29. The smallest absolute Gasteiger partial charge is 0.408 e. The summed E-state index contributed by atoms with van der Waals surface area (Å²) in [6, 6.07) is 13.2. The highest BCUT2D eigenvalue weighted by Crippen LogP contribution is 2.23. The molecule has 2 atom stereocenters. The van der Waals surface area contributed by atoms with Gasteiger partial charge in [0.2, 0.25) is 11.8 Å². The monoisotopic (exact) mass is 623 g/mol. The number of benzene rings is 2. The van der Waals surface area contributed by atoms with Crippen LogP contribution in [-0.2, 0) is 30.3 Å². The molecule has 0 aliphatic heterocycles. The van der Waals surface area contributed by atoms with Gasteiger partial charge in [-0.1, -0.05) is 42.5 Å². The maximum absolute atomic E-state index is 13.6. The van der Waals surface area contributed by atoms with E-state index in [2.05, 4.69) is 20.9 Å². The second-order valence-corrected chi connectivity index (χ2v) is 12.1. The number of halogens is 1. The second-order valence-electron chi connectivity index (χ2n) is 12.1. The number of rotatable bonds is 13. The molecule has 0 aliphatic rings. The van der Waals surface area contributed by atoms with Crippen molar-refractivity contribution in [1.29, 1.82) is 0 Å². The van der Waals surface area contributed by atoms with Crippen LogP contribution in [-0.4, -0.2) is 57.2 Å². The zero-order chi connectivity index (χ0) is 33.2. The Morgan fingerprint density at radius 1 is 0.978 bits per heavy atom. The number of hydrogen-bond donors (Lipinski definition) is 3. The minimum Gasteiger partial charge on any atom is -0.464 e. The van der Waals surface area contributed by atoms with Crippen LogP contribution < -0.4 is 16.0 Å². The summed E-state index contributed by atoms with van der Waals surface area (Å²) in [4.78, 5) is 56.3. The second kappa shape index (κ2) is 15.3. The Labute approximate surface area is 262 Å². The third kappa shape index (κ3) is 10.7. The summed E-state index contributed by atoms with van der Waals surface area (Å²) in [6.45, 7) is 9.97. The number of esters is 1. The number of amides is 3. The number of nitrogens with one attached hydrogen (secondary N) is 3. The first-order valence-corrected chi connectivity index (χ1v) is 14.8. The Balaban J connectivity index is 1.78. The van der Waals surface area contributed by atoms with Crippen molar-refractivity contribution >= 4 is 29.7 Å². The molecule has 0 bridgehead atoms. The summed E-state index contributed by atoms with van der Waals surface area (Å²) in [7, 11) is 0. The van der Waals surface area contributed by atoms with Gasteiger partial charge >= 0.3 is 12.1 Å². The highest BCUT2D eigenvalue weighted by Gasteiger charge is 2.34. The summed E-state index contributed by atoms with van der Waals surface area (Å²) in [5, 5.41) is 8.03. The van der Waals surface area contributed by atoms with Crippen LogP contribution in [0.15, 0.2) is 67.1 Å². The Hall–Kier alpha value is -4.74. The van der Waals surface area contributed by atoms with Crippen molar-refractivity contribution in [3.63, 3.8) is 0 Å². The average molecular weight is 624 g/mol. The van der Waals surface area contributed by atoms with Gasteiger partial charge in [0, 0.05) is 6.20 Å². The van der Waals surface area contributed by atoms with Crippen LogP contribution in [0.3, 0.4) is 0 Å². The van der Waals surface area contributed by atoms with Gasteiger partial charge in [0.05, 0.1) is 12.9 Å². The molecule has 0 radical (unpaired) electrons. The number of nitrogens with zero attached hydrogens (tertiary/aromatic N) is 2. The lowest BCUT2D eigenvalue weighted by molar-refractivity contribution is -0.145. The first kappa shape index (κ1) is 34.7. The van der Waals surface area contributed by atoms with Crippen molar-refractivity contribution in [2.24, 2.45) is 0 Å². The number of alkyl carbamates (subject to hydrolysis) is 1. The van der Waals surface area contributed by atoms with Crippen LogP contribution in [0.25, 0.3) is 0 Å². The quantitative estimate of drug-likeness (QED) is 0.230. The normalized spacial score (nSPS) is 12.9. The molecule has 2 aromatic carbocycles. The third-order valence-corrected chi connectivity index (χ3v) is 6.65. The van der Waals surface area contributed by atoms with Crippen molar-refractivity contribution in [2.75, 3.05) is 11.9 Å². The molecule has 1 aromatic heterocycles. The number of carbonyl (C=O) groups excluding carboxylic acids is 4. The fourth-order valence-corrected chi connectivity index (χ4v) is 4.43. The first-order valence-electron chi connectivity index (χ1n) is 14.8. The Morgan fingerprint density at radius 3 is 2.27 bits per heavy atom. The van der Waals surface area contributed by atoms with Crippen molar-refractivity contribution in [3.05, 3.63) is 84.1 Å². The van der Waals surface area contributed by atoms with E-state index in [0.29, 0.717) is 18.4 Å². The van der Waals surface area contributed by atoms with Crippen LogP contribution in [0.2, 0.25) is 0 Å². The van der Waals surface area contributed by atoms with E-state index in [1.807, 2.05) is 30.3 Å². The molecular weight excluding hydrogens is 581 g/mol. The number of hydrogen-bond acceptors (Lipinski definition) is 7. The van der Waals surface area contributed by atoms with Gasteiger partial charge in [0.15, 0.2) is 11.9 Å². The van der Waals surface area contributed by atoms with Crippen LogP contribution in [0.1, 0.15) is 71.6 Å². The zero-order valence-corrected chi connectivity index (χ0v) is 26.6.